The molecular formula is C36H40N12O3. The molecular weight excluding hydrogens is 648 g/mol. The molecule has 0 aliphatic carbocycles. The van der Waals surface area contributed by atoms with E-state index in [4.69, 9.17) is 19.7 Å². The third kappa shape index (κ3) is 6.58. The van der Waals surface area contributed by atoms with Gasteiger partial charge in [-0.05, 0) is 48.2 Å². The van der Waals surface area contributed by atoms with E-state index in [0.717, 1.165) is 24.3 Å². The summed E-state index contributed by atoms with van der Waals surface area (Å²) < 4.78 is 7.88. The van der Waals surface area contributed by atoms with E-state index < -0.39 is 24.5 Å². The molecule has 2 aliphatic rings. The molecule has 2 aromatic carbocycles. The Balaban J connectivity index is 1.13. The molecule has 262 valence electrons. The second kappa shape index (κ2) is 14.0. The van der Waals surface area contributed by atoms with Crippen molar-refractivity contribution in [2.75, 3.05) is 35.2 Å². The van der Waals surface area contributed by atoms with Crippen LogP contribution in [0.15, 0.2) is 85.3 Å². The van der Waals surface area contributed by atoms with Crippen LogP contribution >= 0.6 is 0 Å². The zero-order valence-electron chi connectivity index (χ0n) is 28.4. The van der Waals surface area contributed by atoms with Crippen molar-refractivity contribution in [1.29, 1.82) is 0 Å². The Morgan fingerprint density at radius 2 is 1.71 bits per heavy atom. The predicted octanol–water partition coefficient (Wildman–Crippen LogP) is 3.46. The molecule has 6 aromatic rings. The van der Waals surface area contributed by atoms with Gasteiger partial charge >= 0.3 is 0 Å². The fourth-order valence-electron chi connectivity index (χ4n) is 6.78. The number of tetrazole rings is 1. The number of nitrogens with one attached hydrogen (secondary N) is 2. The number of nitrogens with zero attached hydrogens (tertiary/aromatic N) is 10. The van der Waals surface area contributed by atoms with Crippen LogP contribution in [-0.4, -0.2) is 92.8 Å². The largest absolute Gasteiger partial charge is 0.387 e. The molecule has 15 heteroatoms. The SMILES string of the molecule is CCn1nnc([C@H]2O[C@@H](n3cnc4c(NCC(c5ccccc5)c5ccccc5)nc(N5CC[C@@H](Nc6ccc(C)cn6)C5)nc43)[C@H](O)[C@@H]2O)n1. The maximum absolute atomic E-state index is 11.3. The van der Waals surface area contributed by atoms with Gasteiger partial charge in [0.25, 0.3) is 0 Å². The Bertz CT molecular complexity index is 2030. The summed E-state index contributed by atoms with van der Waals surface area (Å²) in [5, 5.41) is 41.8. The van der Waals surface area contributed by atoms with E-state index in [1.54, 1.807) is 10.9 Å². The van der Waals surface area contributed by atoms with Crippen molar-refractivity contribution in [3.05, 3.63) is 108 Å². The van der Waals surface area contributed by atoms with Gasteiger partial charge in [0, 0.05) is 37.8 Å². The number of aryl methyl sites for hydroxylation is 2. The number of ether oxygens (including phenoxy) is 1. The molecule has 51 heavy (non-hydrogen) atoms. The molecule has 0 bridgehead atoms. The highest BCUT2D eigenvalue weighted by Gasteiger charge is 2.47. The van der Waals surface area contributed by atoms with Crippen LogP contribution in [0.4, 0.5) is 17.6 Å². The third-order valence-electron chi connectivity index (χ3n) is 9.54. The molecule has 6 heterocycles. The molecule has 4 aromatic heterocycles. The van der Waals surface area contributed by atoms with Gasteiger partial charge in [-0.2, -0.15) is 14.8 Å². The second-order valence-electron chi connectivity index (χ2n) is 13.0. The molecule has 8 rings (SSSR count). The van der Waals surface area contributed by atoms with Crippen LogP contribution in [0.3, 0.4) is 0 Å². The van der Waals surface area contributed by atoms with Crippen LogP contribution in [0, 0.1) is 6.92 Å². The first kappa shape index (κ1) is 32.7. The molecule has 2 fully saturated rings. The number of rotatable bonds is 11. The van der Waals surface area contributed by atoms with Crippen molar-refractivity contribution in [1.82, 2.24) is 44.7 Å². The zero-order chi connectivity index (χ0) is 34.9. The van der Waals surface area contributed by atoms with E-state index in [0.29, 0.717) is 42.6 Å². The van der Waals surface area contributed by atoms with E-state index >= 15 is 0 Å². The zero-order valence-corrected chi connectivity index (χ0v) is 28.4. The van der Waals surface area contributed by atoms with E-state index in [9.17, 15) is 10.2 Å². The number of aliphatic hydroxyl groups is 2. The minimum atomic E-state index is -1.31. The number of benzene rings is 2. The average molecular weight is 689 g/mol. The molecule has 2 saturated heterocycles. The van der Waals surface area contributed by atoms with Crippen molar-refractivity contribution < 1.29 is 14.9 Å². The smallest absolute Gasteiger partial charge is 0.229 e. The van der Waals surface area contributed by atoms with Crippen molar-refractivity contribution >= 4 is 28.7 Å². The topological polar surface area (TPSA) is 177 Å². The minimum absolute atomic E-state index is 0.0326. The lowest BCUT2D eigenvalue weighted by Gasteiger charge is -2.22. The van der Waals surface area contributed by atoms with Crippen LogP contribution in [0.25, 0.3) is 11.2 Å². The lowest BCUT2D eigenvalue weighted by atomic mass is 9.91. The minimum Gasteiger partial charge on any atom is -0.387 e. The number of pyridine rings is 1. The van der Waals surface area contributed by atoms with Gasteiger partial charge in [0.15, 0.2) is 29.3 Å². The summed E-state index contributed by atoms with van der Waals surface area (Å²) >= 11 is 0. The summed E-state index contributed by atoms with van der Waals surface area (Å²) in [6.07, 6.45) is -0.310. The Kier molecular flexibility index (Phi) is 8.98. The van der Waals surface area contributed by atoms with Crippen LogP contribution < -0.4 is 15.5 Å². The van der Waals surface area contributed by atoms with Crippen LogP contribution in [0.2, 0.25) is 0 Å². The first-order valence-corrected chi connectivity index (χ1v) is 17.3. The van der Waals surface area contributed by atoms with Gasteiger partial charge in [0.05, 0.1) is 12.9 Å². The fraction of sp³-hybridized carbons (Fsp3) is 0.361. The Morgan fingerprint density at radius 1 is 0.941 bits per heavy atom. The highest BCUT2D eigenvalue weighted by Crippen LogP contribution is 2.39. The maximum Gasteiger partial charge on any atom is 0.229 e. The van der Waals surface area contributed by atoms with Gasteiger partial charge in [-0.15, -0.1) is 10.2 Å². The number of fused-ring (bicyclic) bond motifs is 1. The number of aliphatic hydroxyl groups excluding tert-OH is 2. The van der Waals surface area contributed by atoms with Gasteiger partial charge < -0.3 is 30.5 Å². The van der Waals surface area contributed by atoms with Crippen molar-refractivity contribution in [3.8, 4) is 0 Å². The lowest BCUT2D eigenvalue weighted by molar-refractivity contribution is -0.0384. The first-order valence-electron chi connectivity index (χ1n) is 17.3. The number of anilines is 3. The molecule has 15 nitrogen and oxygen atoms in total. The Labute approximate surface area is 294 Å². The van der Waals surface area contributed by atoms with E-state index in [1.165, 1.54) is 15.9 Å². The molecule has 0 saturated carbocycles. The van der Waals surface area contributed by atoms with E-state index in [1.807, 2.05) is 68.6 Å². The highest BCUT2D eigenvalue weighted by atomic mass is 16.6. The maximum atomic E-state index is 11.3. The number of aromatic nitrogens is 9. The van der Waals surface area contributed by atoms with Gasteiger partial charge in [0.2, 0.25) is 11.8 Å². The monoisotopic (exact) mass is 688 g/mol. The van der Waals surface area contributed by atoms with Gasteiger partial charge in [-0.3, -0.25) is 4.57 Å². The second-order valence-corrected chi connectivity index (χ2v) is 13.0. The summed E-state index contributed by atoms with van der Waals surface area (Å²) in [4.78, 5) is 22.8. The molecule has 5 atom stereocenters. The number of hydrogen-bond donors (Lipinski definition) is 4. The Morgan fingerprint density at radius 3 is 2.39 bits per heavy atom. The first-order chi connectivity index (χ1) is 24.9. The standard InChI is InChI=1S/C36H40N12O3/c1-3-48-44-33(43-45-48)31-29(49)30(50)35(51-31)47-21-39-28-32(38-19-26(23-10-6-4-7-11-23)24-12-8-5-9-13-24)41-36(42-34(28)47)46-17-16-25(20-46)40-27-15-14-22(2)18-37-27/h4-15,18,21,25-26,29-31,35,49-50H,3,16-17,19-20H2,1-2H3,(H,37,40)(H,38,41,42)/t25-,29+,30-,31+,35-/m1/s1. The Hall–Kier alpha value is -5.51. The number of imidazole rings is 1. The molecule has 0 amide bonds. The lowest BCUT2D eigenvalue weighted by Crippen LogP contribution is -2.30. The summed E-state index contributed by atoms with van der Waals surface area (Å²) in [5.74, 6) is 2.12. The fourth-order valence-corrected chi connectivity index (χ4v) is 6.78. The van der Waals surface area contributed by atoms with E-state index in [-0.39, 0.29) is 17.8 Å². The summed E-state index contributed by atoms with van der Waals surface area (Å²) in [6.45, 7) is 6.33. The summed E-state index contributed by atoms with van der Waals surface area (Å²) in [6, 6.07) is 24.9. The van der Waals surface area contributed by atoms with Crippen LogP contribution in [-0.2, 0) is 11.3 Å². The van der Waals surface area contributed by atoms with E-state index in [2.05, 4.69) is 60.2 Å². The van der Waals surface area contributed by atoms with Gasteiger partial charge in [-0.1, -0.05) is 66.7 Å². The van der Waals surface area contributed by atoms with Gasteiger partial charge in [-0.25, -0.2) is 9.97 Å². The van der Waals surface area contributed by atoms with Crippen molar-refractivity contribution in [3.63, 3.8) is 0 Å². The normalized spacial score (nSPS) is 21.9. The molecule has 2 aliphatic heterocycles. The quantitative estimate of drug-likeness (QED) is 0.156. The molecule has 0 unspecified atom stereocenters. The summed E-state index contributed by atoms with van der Waals surface area (Å²) in [7, 11) is 0. The highest BCUT2D eigenvalue weighted by molar-refractivity contribution is 5.84. The molecule has 4 N–H and O–H groups in total. The van der Waals surface area contributed by atoms with Crippen LogP contribution in [0.1, 0.15) is 54.1 Å². The summed E-state index contributed by atoms with van der Waals surface area (Å²) in [5.41, 5.74) is 4.41. The molecule has 0 spiro atoms. The molecule has 0 radical (unpaired) electrons. The third-order valence-corrected chi connectivity index (χ3v) is 9.54. The predicted molar refractivity (Wildman–Crippen MR) is 190 cm³/mol. The number of hydrogen-bond acceptors (Lipinski definition) is 13. The average Bonchev–Trinajstić information content (AvgIpc) is 3.98. The van der Waals surface area contributed by atoms with Crippen molar-refractivity contribution in [2.24, 2.45) is 0 Å². The van der Waals surface area contributed by atoms with Gasteiger partial charge in [0.1, 0.15) is 18.0 Å². The van der Waals surface area contributed by atoms with Crippen LogP contribution in [0.5, 0.6) is 0 Å². The van der Waals surface area contributed by atoms with Crippen molar-refractivity contribution in [2.45, 2.75) is 63.3 Å².